The topological polar surface area (TPSA) is 33.2 Å². The first-order valence-corrected chi connectivity index (χ1v) is 8.29. The van der Waals surface area contributed by atoms with E-state index in [-0.39, 0.29) is 0 Å². The average molecular weight is 284 g/mol. The van der Waals surface area contributed by atoms with Gasteiger partial charge >= 0.3 is 0 Å². The predicted molar refractivity (Wildman–Crippen MR) is 82.1 cm³/mol. The number of carbonyl (C=O) groups excluding carboxylic acids is 1. The van der Waals surface area contributed by atoms with Crippen molar-refractivity contribution in [1.82, 2.24) is 9.88 Å². The molecule has 1 aromatic rings. The predicted octanol–water partition coefficient (Wildman–Crippen LogP) is 3.25. The van der Waals surface area contributed by atoms with E-state index in [0.29, 0.717) is 16.7 Å². The van der Waals surface area contributed by atoms with Crippen molar-refractivity contribution >= 4 is 6.41 Å². The van der Waals surface area contributed by atoms with Crippen molar-refractivity contribution in [3.63, 3.8) is 0 Å². The molecule has 3 aliphatic rings. The van der Waals surface area contributed by atoms with Crippen molar-refractivity contribution in [3.05, 3.63) is 29.6 Å². The Balaban J connectivity index is 1.43. The molecule has 1 amide bonds. The van der Waals surface area contributed by atoms with Crippen molar-refractivity contribution in [2.75, 3.05) is 13.1 Å². The van der Waals surface area contributed by atoms with E-state index >= 15 is 0 Å². The van der Waals surface area contributed by atoms with E-state index in [9.17, 15) is 4.79 Å². The lowest BCUT2D eigenvalue weighted by Crippen LogP contribution is -2.56. The Morgan fingerprint density at radius 3 is 2.52 bits per heavy atom. The van der Waals surface area contributed by atoms with Gasteiger partial charge in [-0.25, -0.2) is 0 Å². The van der Waals surface area contributed by atoms with Gasteiger partial charge in [0.2, 0.25) is 6.41 Å². The lowest BCUT2D eigenvalue weighted by molar-refractivity contribution is -0.131. The minimum absolute atomic E-state index is 0.365. The van der Waals surface area contributed by atoms with Gasteiger partial charge in [-0.1, -0.05) is 13.0 Å². The summed E-state index contributed by atoms with van der Waals surface area (Å²) in [7, 11) is 0. The molecular weight excluding hydrogens is 260 g/mol. The van der Waals surface area contributed by atoms with Crippen LogP contribution in [-0.4, -0.2) is 29.4 Å². The first-order chi connectivity index (χ1) is 10.1. The molecule has 0 radical (unpaired) electrons. The molecule has 0 aromatic carbocycles. The smallest absolute Gasteiger partial charge is 0.209 e. The molecule has 1 aromatic heterocycles. The molecule has 0 unspecified atom stereocenters. The van der Waals surface area contributed by atoms with E-state index in [0.717, 1.165) is 19.5 Å². The van der Waals surface area contributed by atoms with Gasteiger partial charge in [0.25, 0.3) is 0 Å². The molecule has 2 aliphatic carbocycles. The second-order valence-corrected chi connectivity index (χ2v) is 7.79. The molecule has 0 atom stereocenters. The molecule has 1 saturated heterocycles. The van der Waals surface area contributed by atoms with Crippen molar-refractivity contribution in [2.24, 2.45) is 5.41 Å². The van der Waals surface area contributed by atoms with E-state index in [4.69, 9.17) is 4.98 Å². The van der Waals surface area contributed by atoms with Gasteiger partial charge in [0.15, 0.2) is 0 Å². The maximum Gasteiger partial charge on any atom is 0.209 e. The number of nitrogens with zero attached hydrogens (tertiary/aromatic N) is 2. The lowest BCUT2D eigenvalue weighted by atomic mass is 9.65. The molecule has 1 spiro atoms. The number of aromatic nitrogens is 1. The maximum absolute atomic E-state index is 10.8. The van der Waals surface area contributed by atoms with Crippen LogP contribution in [0, 0.1) is 5.41 Å². The van der Waals surface area contributed by atoms with Crippen molar-refractivity contribution in [2.45, 2.75) is 56.8 Å². The number of carbonyl (C=O) groups is 1. The number of likely N-dealkylation sites (tertiary alicyclic amines) is 1. The third-order valence-electron chi connectivity index (χ3n) is 6.08. The van der Waals surface area contributed by atoms with E-state index in [2.05, 4.69) is 25.1 Å². The average Bonchev–Trinajstić information content (AvgIpc) is 3.24. The van der Waals surface area contributed by atoms with E-state index in [1.54, 1.807) is 0 Å². The summed E-state index contributed by atoms with van der Waals surface area (Å²) in [6.07, 6.45) is 8.56. The summed E-state index contributed by atoms with van der Waals surface area (Å²) in [5, 5.41) is 0. The number of amides is 1. The van der Waals surface area contributed by atoms with E-state index in [1.807, 2.05) is 4.90 Å². The molecule has 2 heterocycles. The Kier molecular flexibility index (Phi) is 2.88. The van der Waals surface area contributed by atoms with E-state index in [1.165, 1.54) is 49.9 Å². The molecule has 3 nitrogen and oxygen atoms in total. The quantitative estimate of drug-likeness (QED) is 0.798. The van der Waals surface area contributed by atoms with Crippen LogP contribution in [0.3, 0.4) is 0 Å². The molecule has 0 N–H and O–H groups in total. The summed E-state index contributed by atoms with van der Waals surface area (Å²) in [5.74, 6) is 0.628. The van der Waals surface area contributed by atoms with Crippen molar-refractivity contribution in [3.8, 4) is 0 Å². The molecule has 1 aliphatic heterocycles. The molecule has 21 heavy (non-hydrogen) atoms. The Morgan fingerprint density at radius 2 is 1.90 bits per heavy atom. The standard InChI is InChI=1S/C18H24N2O/c1-17(9-10-17)16-4-2-3-15(19-16)14-5-7-18(8-6-14)11-20(12-18)13-21/h2-4,13-14H,5-12H2,1H3. The van der Waals surface area contributed by atoms with Crippen LogP contribution in [0.15, 0.2) is 18.2 Å². The fourth-order valence-electron chi connectivity index (χ4n) is 4.19. The number of pyridine rings is 1. The molecule has 112 valence electrons. The van der Waals surface area contributed by atoms with Crippen LogP contribution in [0.2, 0.25) is 0 Å². The first-order valence-electron chi connectivity index (χ1n) is 8.29. The number of rotatable bonds is 3. The highest BCUT2D eigenvalue weighted by Crippen LogP contribution is 2.49. The first kappa shape index (κ1) is 13.3. The van der Waals surface area contributed by atoms with Crippen LogP contribution in [0.25, 0.3) is 0 Å². The fraction of sp³-hybridized carbons (Fsp3) is 0.667. The summed E-state index contributed by atoms with van der Waals surface area (Å²) < 4.78 is 0. The van der Waals surface area contributed by atoms with Crippen LogP contribution in [0.1, 0.15) is 62.8 Å². The van der Waals surface area contributed by atoms with Gasteiger partial charge in [-0.15, -0.1) is 0 Å². The Morgan fingerprint density at radius 1 is 1.19 bits per heavy atom. The zero-order chi connectivity index (χ0) is 14.5. The van der Waals surface area contributed by atoms with Gasteiger partial charge in [-0.3, -0.25) is 9.78 Å². The normalized spacial score (nSPS) is 26.4. The zero-order valence-corrected chi connectivity index (χ0v) is 12.8. The van der Waals surface area contributed by atoms with Crippen LogP contribution < -0.4 is 0 Å². The van der Waals surface area contributed by atoms with Gasteiger partial charge < -0.3 is 4.90 Å². The van der Waals surface area contributed by atoms with Gasteiger partial charge in [-0.05, 0) is 50.7 Å². The second kappa shape index (κ2) is 4.56. The summed E-state index contributed by atoms with van der Waals surface area (Å²) in [5.41, 5.74) is 3.42. The monoisotopic (exact) mass is 284 g/mol. The Bertz CT molecular complexity index is 548. The van der Waals surface area contributed by atoms with Crippen LogP contribution in [0.5, 0.6) is 0 Å². The van der Waals surface area contributed by atoms with E-state index < -0.39 is 0 Å². The number of hydrogen-bond acceptors (Lipinski definition) is 2. The highest BCUT2D eigenvalue weighted by Gasteiger charge is 2.45. The summed E-state index contributed by atoms with van der Waals surface area (Å²) in [6.45, 7) is 4.29. The van der Waals surface area contributed by atoms with Crippen molar-refractivity contribution < 1.29 is 4.79 Å². The Hall–Kier alpha value is -1.38. The maximum atomic E-state index is 10.8. The minimum Gasteiger partial charge on any atom is -0.344 e. The SMILES string of the molecule is CC1(c2cccc(C3CCC4(CC3)CN(C=O)C4)n2)CC1. The zero-order valence-electron chi connectivity index (χ0n) is 12.8. The third-order valence-corrected chi connectivity index (χ3v) is 6.08. The lowest BCUT2D eigenvalue weighted by Gasteiger charge is -2.52. The Labute approximate surface area is 126 Å². The molecule has 3 heteroatoms. The molecule has 0 bridgehead atoms. The summed E-state index contributed by atoms with van der Waals surface area (Å²) in [6, 6.07) is 6.62. The van der Waals surface area contributed by atoms with Gasteiger partial charge in [-0.2, -0.15) is 0 Å². The third kappa shape index (κ3) is 2.27. The number of hydrogen-bond donors (Lipinski definition) is 0. The summed E-state index contributed by atoms with van der Waals surface area (Å²) >= 11 is 0. The van der Waals surface area contributed by atoms with Crippen LogP contribution in [-0.2, 0) is 10.2 Å². The fourth-order valence-corrected chi connectivity index (χ4v) is 4.19. The van der Waals surface area contributed by atoms with Gasteiger partial charge in [0.05, 0.1) is 0 Å². The second-order valence-electron chi connectivity index (χ2n) is 7.79. The van der Waals surface area contributed by atoms with Crippen LogP contribution >= 0.6 is 0 Å². The van der Waals surface area contributed by atoms with Crippen LogP contribution in [0.4, 0.5) is 0 Å². The molecule has 3 fully saturated rings. The minimum atomic E-state index is 0.365. The van der Waals surface area contributed by atoms with Gasteiger partial charge in [0.1, 0.15) is 0 Å². The highest BCUT2D eigenvalue weighted by atomic mass is 16.1. The summed E-state index contributed by atoms with van der Waals surface area (Å²) in [4.78, 5) is 17.6. The van der Waals surface area contributed by atoms with Gasteiger partial charge in [0, 0.05) is 41.2 Å². The molecule has 4 rings (SSSR count). The highest BCUT2D eigenvalue weighted by molar-refractivity contribution is 5.49. The molecule has 2 saturated carbocycles. The van der Waals surface area contributed by atoms with Crippen molar-refractivity contribution in [1.29, 1.82) is 0 Å². The largest absolute Gasteiger partial charge is 0.344 e. The molecular formula is C18H24N2O.